The zero-order valence-electron chi connectivity index (χ0n) is 22.8. The van der Waals surface area contributed by atoms with Crippen LogP contribution in [-0.4, -0.2) is 69.2 Å². The molecule has 0 aromatic rings. The molecule has 0 fully saturated rings. The predicted octanol–water partition coefficient (Wildman–Crippen LogP) is 5.14. The van der Waals surface area contributed by atoms with Crippen LogP contribution in [0.4, 0.5) is 0 Å². The van der Waals surface area contributed by atoms with Gasteiger partial charge < -0.3 is 28.3 Å². The number of hydrogen-bond donors (Lipinski definition) is 1. The third-order valence-corrected chi connectivity index (χ3v) is 6.54. The molecule has 0 aliphatic rings. The summed E-state index contributed by atoms with van der Waals surface area (Å²) < 4.78 is 27.0. The Labute approximate surface area is 214 Å². The van der Waals surface area contributed by atoms with E-state index < -0.39 is 33.1 Å². The van der Waals surface area contributed by atoms with Crippen molar-refractivity contribution in [1.29, 1.82) is 0 Å². The first kappa shape index (κ1) is 34.2. The Balaban J connectivity index is 3.75. The lowest BCUT2D eigenvalue weighted by atomic mass is 10.1. The second-order valence-corrected chi connectivity index (χ2v) is 11.6. The van der Waals surface area contributed by atoms with Crippen LogP contribution in [0.15, 0.2) is 12.2 Å². The van der Waals surface area contributed by atoms with Crippen molar-refractivity contribution in [2.24, 2.45) is 0 Å². The number of aliphatic hydroxyl groups excluding tert-OH is 1. The molecule has 0 bridgehead atoms. The molecule has 0 heterocycles. The fraction of sp³-hybridized carbons (Fsp3) is 0.885. The molecule has 0 rings (SSSR count). The molecule has 0 aliphatic carbocycles. The van der Waals surface area contributed by atoms with E-state index in [-0.39, 0.29) is 13.0 Å². The number of quaternary nitrogens is 1. The number of ether oxygens (including phenoxy) is 1. The van der Waals surface area contributed by atoms with E-state index in [0.29, 0.717) is 17.4 Å². The normalized spacial score (nSPS) is 14.8. The summed E-state index contributed by atoms with van der Waals surface area (Å²) in [6, 6.07) is 0. The Bertz CT molecular complexity index is 593. The number of hydrogen-bond acceptors (Lipinski definition) is 7. The van der Waals surface area contributed by atoms with Crippen LogP contribution in [0.3, 0.4) is 0 Å². The maximum atomic E-state index is 12.0. The molecule has 0 aliphatic heterocycles. The maximum absolute atomic E-state index is 12.0. The van der Waals surface area contributed by atoms with Gasteiger partial charge >= 0.3 is 5.97 Å². The zero-order chi connectivity index (χ0) is 26.4. The summed E-state index contributed by atoms with van der Waals surface area (Å²) in [5.74, 6) is -0.461. The molecule has 0 saturated carbocycles. The van der Waals surface area contributed by atoms with Gasteiger partial charge in [0.25, 0.3) is 7.82 Å². The van der Waals surface area contributed by atoms with Crippen LogP contribution in [0.5, 0.6) is 0 Å². The van der Waals surface area contributed by atoms with Gasteiger partial charge in [0.15, 0.2) is 0 Å². The van der Waals surface area contributed by atoms with Crippen molar-refractivity contribution in [1.82, 2.24) is 0 Å². The molecule has 35 heavy (non-hydrogen) atoms. The van der Waals surface area contributed by atoms with Crippen molar-refractivity contribution in [3.63, 3.8) is 0 Å². The number of rotatable bonds is 24. The van der Waals surface area contributed by atoms with E-state index in [4.69, 9.17) is 13.8 Å². The summed E-state index contributed by atoms with van der Waals surface area (Å²) in [6.45, 7) is 1.75. The largest absolute Gasteiger partial charge is 0.756 e. The zero-order valence-corrected chi connectivity index (χ0v) is 23.6. The standard InChI is InChI=1S/C26H52NO7P/c1-5-6-7-8-9-10-11-12-13-14-15-16-17-18-19-20-26(29)34-25(23-28)24-33-35(30,31)32-22-21-27(2,3)4/h12-13,25,28H,5-11,14-24H2,1-4H3/b13-12+/t25-/m1/s1. The van der Waals surface area contributed by atoms with E-state index >= 15 is 0 Å². The van der Waals surface area contributed by atoms with Gasteiger partial charge in [0, 0.05) is 6.42 Å². The fourth-order valence-electron chi connectivity index (χ4n) is 3.35. The van der Waals surface area contributed by atoms with Gasteiger partial charge in [0.1, 0.15) is 19.3 Å². The van der Waals surface area contributed by atoms with Crippen molar-refractivity contribution >= 4 is 13.8 Å². The minimum absolute atomic E-state index is 0.0106. The lowest BCUT2D eigenvalue weighted by Gasteiger charge is -2.28. The number of likely N-dealkylation sites (N-methyl/N-ethyl adjacent to an activating group) is 1. The minimum atomic E-state index is -4.51. The minimum Gasteiger partial charge on any atom is -0.756 e. The smallest absolute Gasteiger partial charge is 0.306 e. The second kappa shape index (κ2) is 21.3. The number of esters is 1. The van der Waals surface area contributed by atoms with Gasteiger partial charge in [-0.15, -0.1) is 0 Å². The monoisotopic (exact) mass is 521 g/mol. The van der Waals surface area contributed by atoms with Crippen LogP contribution in [0.1, 0.15) is 96.8 Å². The molecule has 9 heteroatoms. The second-order valence-electron chi connectivity index (χ2n) is 10.2. The Morgan fingerprint density at radius 3 is 2.00 bits per heavy atom. The summed E-state index contributed by atoms with van der Waals surface area (Å²) >= 11 is 0. The number of carbonyl (C=O) groups excluding carboxylic acids is 1. The first-order chi connectivity index (χ1) is 16.6. The van der Waals surface area contributed by atoms with Crippen molar-refractivity contribution < 1.29 is 37.6 Å². The average molecular weight is 522 g/mol. The third-order valence-electron chi connectivity index (χ3n) is 5.57. The van der Waals surface area contributed by atoms with Gasteiger partial charge in [-0.25, -0.2) is 0 Å². The highest BCUT2D eigenvalue weighted by atomic mass is 31.2. The number of phosphoric ester groups is 1. The molecule has 0 saturated heterocycles. The van der Waals surface area contributed by atoms with Crippen LogP contribution < -0.4 is 4.89 Å². The van der Waals surface area contributed by atoms with Gasteiger partial charge in [-0.3, -0.25) is 9.36 Å². The molecular formula is C26H52NO7P. The lowest BCUT2D eigenvalue weighted by Crippen LogP contribution is -2.37. The number of aliphatic hydroxyl groups is 1. The topological polar surface area (TPSA) is 105 Å². The van der Waals surface area contributed by atoms with Crippen molar-refractivity contribution in [3.8, 4) is 0 Å². The molecule has 0 radical (unpaired) electrons. The average Bonchev–Trinajstić information content (AvgIpc) is 2.78. The molecular weight excluding hydrogens is 469 g/mol. The first-order valence-corrected chi connectivity index (χ1v) is 14.9. The van der Waals surface area contributed by atoms with Gasteiger partial charge in [0.2, 0.25) is 0 Å². The summed E-state index contributed by atoms with van der Waals surface area (Å²) in [4.78, 5) is 23.8. The van der Waals surface area contributed by atoms with E-state index in [0.717, 1.165) is 32.1 Å². The van der Waals surface area contributed by atoms with E-state index in [9.17, 15) is 19.4 Å². The Hall–Kier alpha value is -0.760. The molecule has 0 aromatic heterocycles. The molecule has 1 N–H and O–H groups in total. The predicted molar refractivity (Wildman–Crippen MR) is 139 cm³/mol. The van der Waals surface area contributed by atoms with Crippen LogP contribution >= 0.6 is 7.82 Å². The summed E-state index contributed by atoms with van der Waals surface area (Å²) in [5, 5.41) is 9.36. The molecule has 0 aromatic carbocycles. The first-order valence-electron chi connectivity index (χ1n) is 13.5. The molecule has 0 amide bonds. The fourth-order valence-corrected chi connectivity index (χ4v) is 4.08. The van der Waals surface area contributed by atoms with E-state index in [2.05, 4.69) is 19.1 Å². The quantitative estimate of drug-likeness (QED) is 0.0617. The van der Waals surface area contributed by atoms with Crippen molar-refractivity contribution in [2.45, 2.75) is 103 Å². The highest BCUT2D eigenvalue weighted by molar-refractivity contribution is 7.45. The summed E-state index contributed by atoms with van der Waals surface area (Å²) in [6.07, 6.45) is 19.1. The SMILES string of the molecule is CCCCCCCC/C=C/CCCCCCCC(=O)O[C@H](CO)COP(=O)([O-])OCC[N+](C)(C)C. The maximum Gasteiger partial charge on any atom is 0.306 e. The van der Waals surface area contributed by atoms with Crippen LogP contribution in [0, 0.1) is 0 Å². The van der Waals surface area contributed by atoms with E-state index in [1.54, 1.807) is 0 Å². The van der Waals surface area contributed by atoms with E-state index in [1.165, 1.54) is 44.9 Å². The number of carbonyl (C=O) groups is 1. The molecule has 1 unspecified atom stereocenters. The van der Waals surface area contributed by atoms with Crippen molar-refractivity contribution in [3.05, 3.63) is 12.2 Å². The third kappa shape index (κ3) is 24.7. The lowest BCUT2D eigenvalue weighted by molar-refractivity contribution is -0.870. The highest BCUT2D eigenvalue weighted by Crippen LogP contribution is 2.38. The number of nitrogens with zero attached hydrogens (tertiary/aromatic N) is 1. The Morgan fingerprint density at radius 2 is 1.46 bits per heavy atom. The summed E-state index contributed by atoms with van der Waals surface area (Å²) in [5.41, 5.74) is 0. The van der Waals surface area contributed by atoms with Crippen LogP contribution in [0.2, 0.25) is 0 Å². The molecule has 2 atom stereocenters. The number of unbranched alkanes of at least 4 members (excludes halogenated alkanes) is 11. The van der Waals surface area contributed by atoms with Gasteiger partial charge in [-0.2, -0.15) is 0 Å². The van der Waals surface area contributed by atoms with Gasteiger partial charge in [-0.05, 0) is 32.1 Å². The van der Waals surface area contributed by atoms with Crippen LogP contribution in [0.25, 0.3) is 0 Å². The van der Waals surface area contributed by atoms with Gasteiger partial charge in [0.05, 0.1) is 34.4 Å². The Kier molecular flexibility index (Phi) is 20.9. The van der Waals surface area contributed by atoms with Crippen molar-refractivity contribution in [2.75, 3.05) is 47.5 Å². The molecule has 208 valence electrons. The molecule has 8 nitrogen and oxygen atoms in total. The number of allylic oxidation sites excluding steroid dienone is 2. The Morgan fingerprint density at radius 1 is 0.914 bits per heavy atom. The van der Waals surface area contributed by atoms with Gasteiger partial charge in [-0.1, -0.05) is 70.4 Å². The molecule has 0 spiro atoms. The van der Waals surface area contributed by atoms with Crippen LogP contribution in [-0.2, 0) is 23.1 Å². The number of phosphoric acid groups is 1. The highest BCUT2D eigenvalue weighted by Gasteiger charge is 2.19. The summed E-state index contributed by atoms with van der Waals surface area (Å²) in [7, 11) is 1.23. The van der Waals surface area contributed by atoms with E-state index in [1.807, 2.05) is 21.1 Å².